The number of nitrogens with zero attached hydrogens (tertiary/aromatic N) is 3. The van der Waals surface area contributed by atoms with Gasteiger partial charge in [0.15, 0.2) is 0 Å². The van der Waals surface area contributed by atoms with Gasteiger partial charge in [0, 0.05) is 31.9 Å². The molecule has 1 aromatic heterocycles. The predicted molar refractivity (Wildman–Crippen MR) is 86.3 cm³/mol. The van der Waals surface area contributed by atoms with E-state index in [1.165, 1.54) is 0 Å². The minimum atomic E-state index is -0.435. The Morgan fingerprint density at radius 1 is 1.30 bits per heavy atom. The lowest BCUT2D eigenvalue weighted by molar-refractivity contribution is -0.0782. The van der Waals surface area contributed by atoms with E-state index in [0.29, 0.717) is 5.88 Å². The molecule has 3 aliphatic heterocycles. The number of aromatic nitrogens is 1. The number of carbonyl (C=O) groups excluding carboxylic acids is 1. The Balaban J connectivity index is 1.55. The fraction of sp³-hybridized carbons (Fsp3) is 0.647. The van der Waals surface area contributed by atoms with Crippen LogP contribution in [0, 0.1) is 0 Å². The van der Waals surface area contributed by atoms with E-state index in [9.17, 15) is 4.79 Å². The van der Waals surface area contributed by atoms with Crippen molar-refractivity contribution in [3.05, 3.63) is 23.9 Å². The second-order valence-electron chi connectivity index (χ2n) is 7.33. The van der Waals surface area contributed by atoms with Crippen molar-refractivity contribution in [2.24, 2.45) is 0 Å². The Labute approximate surface area is 137 Å². The van der Waals surface area contributed by atoms with Gasteiger partial charge in [0.2, 0.25) is 5.88 Å². The maximum Gasteiger partial charge on any atom is 0.410 e. The molecule has 3 aliphatic rings. The summed E-state index contributed by atoms with van der Waals surface area (Å²) >= 11 is 0. The van der Waals surface area contributed by atoms with E-state index in [0.717, 1.165) is 31.6 Å². The van der Waals surface area contributed by atoms with E-state index < -0.39 is 5.60 Å². The fourth-order valence-electron chi connectivity index (χ4n) is 3.32. The molecule has 23 heavy (non-hydrogen) atoms. The zero-order valence-electron chi connectivity index (χ0n) is 14.3. The molecule has 0 aliphatic carbocycles. The van der Waals surface area contributed by atoms with Gasteiger partial charge in [0.05, 0.1) is 19.2 Å². The molecule has 2 bridgehead atoms. The number of piperidine rings is 1. The second kappa shape index (κ2) is 6.00. The molecule has 2 unspecified atom stereocenters. The standard InChI is InChI=1S/C17H25N3O3/c1-17(2,3)23-16(21)20-13-7-14(20)11-19(10-13)9-12-5-6-15(22-4)18-8-12/h5-6,8,13-14H,7,9-11H2,1-4H3. The Bertz CT molecular complexity index is 555. The Morgan fingerprint density at radius 2 is 2.00 bits per heavy atom. The van der Waals surface area contributed by atoms with Gasteiger partial charge in [-0.25, -0.2) is 9.78 Å². The number of rotatable bonds is 3. The third kappa shape index (κ3) is 3.58. The molecule has 0 radical (unpaired) electrons. The van der Waals surface area contributed by atoms with Gasteiger partial charge in [-0.1, -0.05) is 6.07 Å². The summed E-state index contributed by atoms with van der Waals surface area (Å²) in [4.78, 5) is 20.8. The van der Waals surface area contributed by atoms with Gasteiger partial charge in [0.1, 0.15) is 5.60 Å². The summed E-state index contributed by atoms with van der Waals surface area (Å²) < 4.78 is 10.6. The van der Waals surface area contributed by atoms with E-state index in [1.807, 2.05) is 44.0 Å². The minimum Gasteiger partial charge on any atom is -0.481 e. The Kier molecular flexibility index (Phi) is 4.19. The van der Waals surface area contributed by atoms with Gasteiger partial charge >= 0.3 is 6.09 Å². The van der Waals surface area contributed by atoms with Gasteiger partial charge in [-0.2, -0.15) is 0 Å². The molecule has 0 saturated carbocycles. The van der Waals surface area contributed by atoms with Crippen molar-refractivity contribution in [1.82, 2.24) is 14.8 Å². The third-order valence-electron chi connectivity index (χ3n) is 4.29. The van der Waals surface area contributed by atoms with E-state index in [2.05, 4.69) is 9.88 Å². The molecule has 0 aromatic carbocycles. The molecule has 0 N–H and O–H groups in total. The molecule has 4 rings (SSSR count). The first-order chi connectivity index (χ1) is 10.9. The van der Waals surface area contributed by atoms with Crippen molar-refractivity contribution in [2.45, 2.75) is 51.4 Å². The topological polar surface area (TPSA) is 54.9 Å². The molecule has 6 heteroatoms. The number of carbonyl (C=O) groups is 1. The number of amides is 1. The first-order valence-corrected chi connectivity index (χ1v) is 8.08. The van der Waals surface area contributed by atoms with Gasteiger partial charge in [-0.15, -0.1) is 0 Å². The van der Waals surface area contributed by atoms with Gasteiger partial charge < -0.3 is 9.47 Å². The largest absolute Gasteiger partial charge is 0.481 e. The predicted octanol–water partition coefficient (Wildman–Crippen LogP) is 2.28. The number of fused-ring (bicyclic) bond motifs is 2. The lowest BCUT2D eigenvalue weighted by atomic mass is 9.88. The van der Waals surface area contributed by atoms with Crippen LogP contribution in [-0.4, -0.2) is 58.8 Å². The van der Waals surface area contributed by atoms with Crippen LogP contribution in [0.3, 0.4) is 0 Å². The van der Waals surface area contributed by atoms with E-state index in [1.54, 1.807) is 7.11 Å². The lowest BCUT2D eigenvalue weighted by Gasteiger charge is -2.55. The summed E-state index contributed by atoms with van der Waals surface area (Å²) in [5, 5.41) is 0. The Morgan fingerprint density at radius 3 is 2.52 bits per heavy atom. The zero-order chi connectivity index (χ0) is 16.6. The minimum absolute atomic E-state index is 0.176. The molecule has 1 aromatic rings. The molecular weight excluding hydrogens is 294 g/mol. The van der Waals surface area contributed by atoms with Crippen molar-refractivity contribution in [3.8, 4) is 5.88 Å². The van der Waals surface area contributed by atoms with Gasteiger partial charge in [-0.05, 0) is 32.8 Å². The molecule has 3 saturated heterocycles. The summed E-state index contributed by atoms with van der Waals surface area (Å²) in [6, 6.07) is 4.47. The zero-order valence-corrected chi connectivity index (χ0v) is 14.3. The summed E-state index contributed by atoms with van der Waals surface area (Å²) in [7, 11) is 1.62. The van der Waals surface area contributed by atoms with Crippen LogP contribution in [-0.2, 0) is 11.3 Å². The molecule has 1 amide bonds. The highest BCUT2D eigenvalue weighted by Crippen LogP contribution is 2.34. The van der Waals surface area contributed by atoms with E-state index >= 15 is 0 Å². The van der Waals surface area contributed by atoms with Crippen LogP contribution < -0.4 is 4.74 Å². The second-order valence-corrected chi connectivity index (χ2v) is 7.33. The van der Waals surface area contributed by atoms with Crippen molar-refractivity contribution in [2.75, 3.05) is 20.2 Å². The van der Waals surface area contributed by atoms with Crippen LogP contribution in [0.1, 0.15) is 32.8 Å². The van der Waals surface area contributed by atoms with Crippen molar-refractivity contribution < 1.29 is 14.3 Å². The van der Waals surface area contributed by atoms with Crippen LogP contribution >= 0.6 is 0 Å². The highest BCUT2D eigenvalue weighted by atomic mass is 16.6. The number of pyridine rings is 1. The highest BCUT2D eigenvalue weighted by molar-refractivity contribution is 5.70. The Hall–Kier alpha value is -1.82. The molecule has 2 atom stereocenters. The number of hydrogen-bond donors (Lipinski definition) is 0. The molecule has 6 nitrogen and oxygen atoms in total. The SMILES string of the molecule is COc1ccc(CN2CC3CC(C2)N3C(=O)OC(C)(C)C)cn1. The average Bonchev–Trinajstić information content (AvgIpc) is 2.46. The molecule has 4 heterocycles. The molecular formula is C17H25N3O3. The van der Waals surface area contributed by atoms with Crippen molar-refractivity contribution >= 4 is 6.09 Å². The summed E-state index contributed by atoms with van der Waals surface area (Å²) in [5.74, 6) is 0.631. The summed E-state index contributed by atoms with van der Waals surface area (Å²) in [6.07, 6.45) is 2.76. The van der Waals surface area contributed by atoms with E-state index in [4.69, 9.17) is 9.47 Å². The van der Waals surface area contributed by atoms with Crippen LogP contribution in [0.2, 0.25) is 0 Å². The number of piperazine rings is 1. The maximum absolute atomic E-state index is 12.3. The van der Waals surface area contributed by atoms with E-state index in [-0.39, 0.29) is 18.2 Å². The van der Waals surface area contributed by atoms with Crippen LogP contribution in [0.4, 0.5) is 4.79 Å². The molecule has 3 fully saturated rings. The van der Waals surface area contributed by atoms with Crippen molar-refractivity contribution in [1.29, 1.82) is 0 Å². The van der Waals surface area contributed by atoms with Crippen LogP contribution in [0.5, 0.6) is 5.88 Å². The van der Waals surface area contributed by atoms with Gasteiger partial charge in [-0.3, -0.25) is 9.80 Å². The van der Waals surface area contributed by atoms with Crippen LogP contribution in [0.25, 0.3) is 0 Å². The fourth-order valence-corrected chi connectivity index (χ4v) is 3.32. The number of methoxy groups -OCH3 is 1. The number of ether oxygens (including phenoxy) is 2. The number of hydrogen-bond acceptors (Lipinski definition) is 5. The average molecular weight is 319 g/mol. The lowest BCUT2D eigenvalue weighted by Crippen LogP contribution is -2.70. The normalized spacial score (nSPS) is 24.1. The molecule has 0 spiro atoms. The monoisotopic (exact) mass is 319 g/mol. The summed E-state index contributed by atoms with van der Waals surface area (Å²) in [6.45, 7) is 8.35. The van der Waals surface area contributed by atoms with Gasteiger partial charge in [0.25, 0.3) is 0 Å². The first kappa shape index (κ1) is 16.1. The first-order valence-electron chi connectivity index (χ1n) is 8.08. The van der Waals surface area contributed by atoms with Crippen molar-refractivity contribution in [3.63, 3.8) is 0 Å². The van der Waals surface area contributed by atoms with Crippen LogP contribution in [0.15, 0.2) is 18.3 Å². The molecule has 126 valence electrons. The maximum atomic E-state index is 12.3. The third-order valence-corrected chi connectivity index (χ3v) is 4.29. The highest BCUT2D eigenvalue weighted by Gasteiger charge is 2.48. The summed E-state index contributed by atoms with van der Waals surface area (Å²) in [5.41, 5.74) is 0.728. The quantitative estimate of drug-likeness (QED) is 0.855. The smallest absolute Gasteiger partial charge is 0.410 e.